The molecule has 1 aromatic rings. The first-order valence-corrected chi connectivity index (χ1v) is 7.23. The van der Waals surface area contributed by atoms with Crippen LogP contribution in [-0.4, -0.2) is 12.6 Å². The zero-order valence-corrected chi connectivity index (χ0v) is 11.6. The van der Waals surface area contributed by atoms with Crippen LogP contribution in [0.25, 0.3) is 0 Å². The fraction of sp³-hybridized carbons (Fsp3) is 0.625. The maximum Gasteiger partial charge on any atom is 0.119 e. The van der Waals surface area contributed by atoms with Gasteiger partial charge in [0.15, 0.2) is 0 Å². The van der Waals surface area contributed by atoms with Crippen LogP contribution in [0.5, 0.6) is 5.75 Å². The molecule has 2 rings (SSSR count). The Hall–Kier alpha value is -1.02. The van der Waals surface area contributed by atoms with Crippen LogP contribution in [0.3, 0.4) is 0 Å². The lowest BCUT2D eigenvalue weighted by atomic mass is 9.87. The zero-order chi connectivity index (χ0) is 12.8. The van der Waals surface area contributed by atoms with Crippen LogP contribution in [-0.2, 0) is 6.54 Å². The Morgan fingerprint density at radius 3 is 2.72 bits per heavy atom. The molecule has 0 heterocycles. The second-order valence-corrected chi connectivity index (χ2v) is 5.42. The monoisotopic (exact) mass is 247 g/mol. The molecule has 1 fully saturated rings. The highest BCUT2D eigenvalue weighted by atomic mass is 16.5. The third-order valence-electron chi connectivity index (χ3n) is 3.82. The molecule has 1 N–H and O–H groups in total. The van der Waals surface area contributed by atoms with Gasteiger partial charge in [-0.1, -0.05) is 19.1 Å². The fourth-order valence-electron chi connectivity index (χ4n) is 2.64. The van der Waals surface area contributed by atoms with Crippen molar-refractivity contribution in [2.75, 3.05) is 6.61 Å². The fourth-order valence-corrected chi connectivity index (χ4v) is 2.64. The maximum absolute atomic E-state index is 5.52. The number of benzene rings is 1. The summed E-state index contributed by atoms with van der Waals surface area (Å²) in [6.07, 6.45) is 5.39. The minimum Gasteiger partial charge on any atom is -0.494 e. The second kappa shape index (κ2) is 6.79. The van der Waals surface area contributed by atoms with Crippen molar-refractivity contribution in [1.29, 1.82) is 0 Å². The standard InChI is InChI=1S/C16H25NO/c1-3-18-16-6-4-5-14(11-16)12-17-15-9-7-13(2)8-10-15/h4-6,11,13,15,17H,3,7-10,12H2,1-2H3. The van der Waals surface area contributed by atoms with Gasteiger partial charge in [-0.2, -0.15) is 0 Å². The first-order chi connectivity index (χ1) is 8.78. The van der Waals surface area contributed by atoms with Gasteiger partial charge in [0.1, 0.15) is 5.75 Å². The van der Waals surface area contributed by atoms with Crippen molar-refractivity contribution in [3.05, 3.63) is 29.8 Å². The van der Waals surface area contributed by atoms with Crippen molar-refractivity contribution in [3.8, 4) is 5.75 Å². The average Bonchev–Trinajstić information content (AvgIpc) is 2.39. The van der Waals surface area contributed by atoms with E-state index in [1.165, 1.54) is 31.2 Å². The van der Waals surface area contributed by atoms with E-state index < -0.39 is 0 Å². The van der Waals surface area contributed by atoms with Crippen molar-refractivity contribution in [1.82, 2.24) is 5.32 Å². The lowest BCUT2D eigenvalue weighted by Crippen LogP contribution is -2.32. The highest BCUT2D eigenvalue weighted by Gasteiger charge is 2.17. The van der Waals surface area contributed by atoms with Gasteiger partial charge < -0.3 is 10.1 Å². The Balaban J connectivity index is 1.80. The largest absolute Gasteiger partial charge is 0.494 e. The van der Waals surface area contributed by atoms with E-state index in [0.29, 0.717) is 6.04 Å². The summed E-state index contributed by atoms with van der Waals surface area (Å²) in [5, 5.41) is 3.67. The molecule has 0 saturated heterocycles. The van der Waals surface area contributed by atoms with Crippen LogP contribution in [0.1, 0.15) is 45.1 Å². The van der Waals surface area contributed by atoms with Gasteiger partial charge in [0.25, 0.3) is 0 Å². The molecule has 0 amide bonds. The molecule has 1 aromatic carbocycles. The maximum atomic E-state index is 5.52. The van der Waals surface area contributed by atoms with Crippen LogP contribution >= 0.6 is 0 Å². The Morgan fingerprint density at radius 2 is 2.00 bits per heavy atom. The van der Waals surface area contributed by atoms with E-state index in [-0.39, 0.29) is 0 Å². The number of ether oxygens (including phenoxy) is 1. The summed E-state index contributed by atoms with van der Waals surface area (Å²) in [5.41, 5.74) is 1.32. The molecule has 0 aromatic heterocycles. The summed E-state index contributed by atoms with van der Waals surface area (Å²) < 4.78 is 5.52. The molecule has 1 aliphatic rings. The molecule has 100 valence electrons. The van der Waals surface area contributed by atoms with Gasteiger partial charge in [-0.25, -0.2) is 0 Å². The van der Waals surface area contributed by atoms with Gasteiger partial charge in [0.05, 0.1) is 6.61 Å². The van der Waals surface area contributed by atoms with Gasteiger partial charge in [-0.15, -0.1) is 0 Å². The van der Waals surface area contributed by atoms with E-state index in [0.717, 1.165) is 24.8 Å². The molecule has 0 spiro atoms. The van der Waals surface area contributed by atoms with E-state index in [2.05, 4.69) is 30.4 Å². The summed E-state index contributed by atoms with van der Waals surface area (Å²) in [4.78, 5) is 0. The number of hydrogen-bond donors (Lipinski definition) is 1. The van der Waals surface area contributed by atoms with Gasteiger partial charge in [-0.05, 0) is 56.2 Å². The number of nitrogens with one attached hydrogen (secondary N) is 1. The van der Waals surface area contributed by atoms with Crippen LogP contribution in [0.15, 0.2) is 24.3 Å². The minimum absolute atomic E-state index is 0.706. The molecule has 0 atom stereocenters. The van der Waals surface area contributed by atoms with Gasteiger partial charge in [-0.3, -0.25) is 0 Å². The van der Waals surface area contributed by atoms with Crippen molar-refractivity contribution >= 4 is 0 Å². The predicted molar refractivity (Wildman–Crippen MR) is 75.9 cm³/mol. The molecule has 0 aliphatic heterocycles. The van der Waals surface area contributed by atoms with E-state index in [1.54, 1.807) is 0 Å². The van der Waals surface area contributed by atoms with Crippen LogP contribution in [0.4, 0.5) is 0 Å². The van der Waals surface area contributed by atoms with E-state index in [4.69, 9.17) is 4.74 Å². The predicted octanol–water partition coefficient (Wildman–Crippen LogP) is 3.75. The summed E-state index contributed by atoms with van der Waals surface area (Å²) in [6.45, 7) is 6.08. The van der Waals surface area contributed by atoms with Crippen molar-refractivity contribution in [2.24, 2.45) is 5.92 Å². The third kappa shape index (κ3) is 4.02. The summed E-state index contributed by atoms with van der Waals surface area (Å²) >= 11 is 0. The SMILES string of the molecule is CCOc1cccc(CNC2CCC(C)CC2)c1. The number of rotatable bonds is 5. The Labute approximate surface area is 111 Å². The highest BCUT2D eigenvalue weighted by Crippen LogP contribution is 2.23. The normalized spacial score (nSPS) is 23.9. The molecule has 18 heavy (non-hydrogen) atoms. The van der Waals surface area contributed by atoms with Crippen molar-refractivity contribution in [2.45, 2.75) is 52.1 Å². The lowest BCUT2D eigenvalue weighted by Gasteiger charge is -2.27. The molecule has 1 aliphatic carbocycles. The zero-order valence-electron chi connectivity index (χ0n) is 11.6. The first kappa shape index (κ1) is 13.4. The summed E-state index contributed by atoms with van der Waals surface area (Å²) in [5.74, 6) is 1.90. The Kier molecular flexibility index (Phi) is 5.06. The topological polar surface area (TPSA) is 21.3 Å². The minimum atomic E-state index is 0.706. The molecule has 2 heteroatoms. The molecular formula is C16H25NO. The van der Waals surface area contributed by atoms with Crippen LogP contribution in [0.2, 0.25) is 0 Å². The smallest absolute Gasteiger partial charge is 0.119 e. The molecule has 0 unspecified atom stereocenters. The summed E-state index contributed by atoms with van der Waals surface area (Å²) in [6, 6.07) is 9.11. The van der Waals surface area contributed by atoms with Crippen molar-refractivity contribution < 1.29 is 4.74 Å². The molecule has 1 saturated carbocycles. The molecule has 2 nitrogen and oxygen atoms in total. The first-order valence-electron chi connectivity index (χ1n) is 7.23. The molecule has 0 radical (unpaired) electrons. The number of hydrogen-bond acceptors (Lipinski definition) is 2. The lowest BCUT2D eigenvalue weighted by molar-refractivity contribution is 0.306. The van der Waals surface area contributed by atoms with Crippen LogP contribution < -0.4 is 10.1 Å². The van der Waals surface area contributed by atoms with Crippen LogP contribution in [0, 0.1) is 5.92 Å². The Bertz CT molecular complexity index is 356. The Morgan fingerprint density at radius 1 is 1.22 bits per heavy atom. The van der Waals surface area contributed by atoms with E-state index >= 15 is 0 Å². The van der Waals surface area contributed by atoms with E-state index in [9.17, 15) is 0 Å². The van der Waals surface area contributed by atoms with Gasteiger partial charge in [0, 0.05) is 12.6 Å². The third-order valence-corrected chi connectivity index (χ3v) is 3.82. The van der Waals surface area contributed by atoms with E-state index in [1.807, 2.05) is 13.0 Å². The molecule has 0 bridgehead atoms. The van der Waals surface area contributed by atoms with Gasteiger partial charge >= 0.3 is 0 Å². The van der Waals surface area contributed by atoms with Crippen molar-refractivity contribution in [3.63, 3.8) is 0 Å². The second-order valence-electron chi connectivity index (χ2n) is 5.42. The highest BCUT2D eigenvalue weighted by molar-refractivity contribution is 5.28. The van der Waals surface area contributed by atoms with Gasteiger partial charge in [0.2, 0.25) is 0 Å². The average molecular weight is 247 g/mol. The molecular weight excluding hydrogens is 222 g/mol. The quantitative estimate of drug-likeness (QED) is 0.855. The summed E-state index contributed by atoms with van der Waals surface area (Å²) in [7, 11) is 0.